The number of hydrogen-bond acceptors (Lipinski definition) is 5. The Bertz CT molecular complexity index is 1440. The van der Waals surface area contributed by atoms with Gasteiger partial charge in [0.15, 0.2) is 5.65 Å². The fourth-order valence-electron chi connectivity index (χ4n) is 3.75. The Kier molecular flexibility index (Phi) is 4.78. The molecule has 0 saturated carbocycles. The highest BCUT2D eigenvalue weighted by Crippen LogP contribution is 2.23. The lowest BCUT2D eigenvalue weighted by Crippen LogP contribution is -2.42. The fourth-order valence-corrected chi connectivity index (χ4v) is 4.15. The van der Waals surface area contributed by atoms with Crippen LogP contribution in [0.2, 0.25) is 0 Å². The maximum atomic E-state index is 13.1. The molecule has 0 fully saturated rings. The molecule has 156 valence electrons. The molecule has 1 amide bonds. The minimum atomic E-state index is -0.483. The molecule has 0 saturated heterocycles. The molecule has 4 heterocycles. The van der Waals surface area contributed by atoms with E-state index < -0.39 is 5.69 Å². The van der Waals surface area contributed by atoms with Crippen LogP contribution in [0.25, 0.3) is 16.9 Å². The van der Waals surface area contributed by atoms with Crippen LogP contribution in [0.1, 0.15) is 11.3 Å². The second-order valence-electron chi connectivity index (χ2n) is 7.31. The molecule has 31 heavy (non-hydrogen) atoms. The lowest BCUT2D eigenvalue weighted by molar-refractivity contribution is -0.132. The highest BCUT2D eigenvalue weighted by atomic mass is 79.9. The molecule has 0 unspecified atom stereocenters. The van der Waals surface area contributed by atoms with E-state index in [4.69, 9.17) is 0 Å². The first-order chi connectivity index (χ1) is 15.0. The number of benzene rings is 1. The normalized spacial score (nSPS) is 13.4. The van der Waals surface area contributed by atoms with E-state index in [1.807, 2.05) is 30.3 Å². The van der Waals surface area contributed by atoms with Crippen LogP contribution in [-0.2, 0) is 24.3 Å². The summed E-state index contributed by atoms with van der Waals surface area (Å²) in [6, 6.07) is 11.2. The van der Waals surface area contributed by atoms with Crippen LogP contribution in [0.4, 0.5) is 0 Å². The van der Waals surface area contributed by atoms with Gasteiger partial charge in [0, 0.05) is 41.5 Å². The van der Waals surface area contributed by atoms with Crippen molar-refractivity contribution in [1.29, 1.82) is 0 Å². The minimum absolute atomic E-state index is 0.117. The van der Waals surface area contributed by atoms with Gasteiger partial charge in [-0.05, 0) is 18.2 Å². The predicted molar refractivity (Wildman–Crippen MR) is 117 cm³/mol. The number of nitrogens with zero attached hydrogens (tertiary/aromatic N) is 5. The minimum Gasteiger partial charge on any atom is -0.336 e. The third-order valence-corrected chi connectivity index (χ3v) is 5.83. The van der Waals surface area contributed by atoms with Gasteiger partial charge in [-0.3, -0.25) is 19.3 Å². The van der Waals surface area contributed by atoms with Gasteiger partial charge in [-0.2, -0.15) is 0 Å². The molecular formula is C21H17BrN6O3. The molecule has 1 aromatic carbocycles. The Labute approximate surface area is 184 Å². The van der Waals surface area contributed by atoms with Crippen LogP contribution in [0.5, 0.6) is 0 Å². The molecule has 5 rings (SSSR count). The lowest BCUT2D eigenvalue weighted by atomic mass is 10.1. The van der Waals surface area contributed by atoms with Crippen LogP contribution in [0.3, 0.4) is 0 Å². The number of rotatable bonds is 3. The Morgan fingerprint density at radius 2 is 2.06 bits per heavy atom. The molecule has 3 aromatic heterocycles. The highest BCUT2D eigenvalue weighted by Gasteiger charge is 2.26. The fraction of sp³-hybridized carbons (Fsp3) is 0.190. The number of halogens is 1. The maximum Gasteiger partial charge on any atom is 0.347 e. The van der Waals surface area contributed by atoms with Crippen molar-refractivity contribution >= 4 is 27.5 Å². The summed E-state index contributed by atoms with van der Waals surface area (Å²) in [5, 5.41) is 3.11. The van der Waals surface area contributed by atoms with Gasteiger partial charge in [0.2, 0.25) is 5.91 Å². The molecule has 0 radical (unpaired) electrons. The average molecular weight is 481 g/mol. The molecule has 1 aliphatic heterocycles. The summed E-state index contributed by atoms with van der Waals surface area (Å²) >= 11 is 3.46. The van der Waals surface area contributed by atoms with Gasteiger partial charge in [0.05, 0.1) is 23.5 Å². The molecule has 9 nitrogen and oxygen atoms in total. The molecule has 4 aromatic rings. The van der Waals surface area contributed by atoms with Crippen LogP contribution < -0.4 is 11.2 Å². The zero-order chi connectivity index (χ0) is 21.5. The van der Waals surface area contributed by atoms with Gasteiger partial charge >= 0.3 is 5.69 Å². The van der Waals surface area contributed by atoms with Crippen LogP contribution >= 0.6 is 15.9 Å². The lowest BCUT2D eigenvalue weighted by Gasteiger charge is -2.27. The van der Waals surface area contributed by atoms with E-state index >= 15 is 0 Å². The molecule has 1 N–H and O–H groups in total. The first kappa shape index (κ1) is 19.4. The largest absolute Gasteiger partial charge is 0.347 e. The Hall–Kier alpha value is -3.53. The predicted octanol–water partition coefficient (Wildman–Crippen LogP) is 1.59. The third-order valence-electron chi connectivity index (χ3n) is 5.34. The molecule has 0 atom stereocenters. The van der Waals surface area contributed by atoms with E-state index in [9.17, 15) is 14.4 Å². The Morgan fingerprint density at radius 1 is 1.19 bits per heavy atom. The molecule has 10 heteroatoms. The van der Waals surface area contributed by atoms with Gasteiger partial charge < -0.3 is 4.90 Å². The summed E-state index contributed by atoms with van der Waals surface area (Å²) in [5.41, 5.74) is 2.72. The summed E-state index contributed by atoms with van der Waals surface area (Å²) in [6.45, 7) is 0.476. The van der Waals surface area contributed by atoms with E-state index in [0.29, 0.717) is 29.9 Å². The van der Waals surface area contributed by atoms with Crippen LogP contribution in [-0.4, -0.2) is 41.5 Å². The van der Waals surface area contributed by atoms with Crippen molar-refractivity contribution in [2.75, 3.05) is 6.54 Å². The van der Waals surface area contributed by atoms with Crippen molar-refractivity contribution in [1.82, 2.24) is 29.0 Å². The second-order valence-corrected chi connectivity index (χ2v) is 8.23. The molecular weight excluding hydrogens is 464 g/mol. The number of amides is 1. The highest BCUT2D eigenvalue weighted by molar-refractivity contribution is 9.10. The number of aromatic amines is 1. The quantitative estimate of drug-likeness (QED) is 0.479. The van der Waals surface area contributed by atoms with E-state index in [1.165, 1.54) is 21.5 Å². The first-order valence-corrected chi connectivity index (χ1v) is 10.5. The van der Waals surface area contributed by atoms with E-state index in [0.717, 1.165) is 15.7 Å². The van der Waals surface area contributed by atoms with Crippen LogP contribution in [0, 0.1) is 0 Å². The maximum absolute atomic E-state index is 13.1. The van der Waals surface area contributed by atoms with Crippen molar-refractivity contribution in [3.8, 4) is 11.3 Å². The van der Waals surface area contributed by atoms with Crippen LogP contribution in [0.15, 0.2) is 62.9 Å². The zero-order valence-electron chi connectivity index (χ0n) is 16.3. The van der Waals surface area contributed by atoms with Gasteiger partial charge in [0.25, 0.3) is 5.56 Å². The number of hydrogen-bond donors (Lipinski definition) is 1. The van der Waals surface area contributed by atoms with Gasteiger partial charge in [-0.25, -0.2) is 19.3 Å². The summed E-state index contributed by atoms with van der Waals surface area (Å²) in [7, 11) is 0. The average Bonchev–Trinajstić information content (AvgIpc) is 3.20. The van der Waals surface area contributed by atoms with E-state index in [1.54, 1.807) is 11.0 Å². The second kappa shape index (κ2) is 7.62. The number of nitrogens with one attached hydrogen (secondary N) is 1. The van der Waals surface area contributed by atoms with Crippen molar-refractivity contribution in [2.45, 2.75) is 19.5 Å². The summed E-state index contributed by atoms with van der Waals surface area (Å²) < 4.78 is 3.60. The van der Waals surface area contributed by atoms with Crippen molar-refractivity contribution in [3.05, 3.63) is 85.4 Å². The number of H-pyrrole nitrogens is 1. The Morgan fingerprint density at radius 3 is 2.87 bits per heavy atom. The summed E-state index contributed by atoms with van der Waals surface area (Å²) in [6.07, 6.45) is 3.39. The zero-order valence-corrected chi connectivity index (χ0v) is 17.9. The van der Waals surface area contributed by atoms with Crippen molar-refractivity contribution in [3.63, 3.8) is 0 Å². The van der Waals surface area contributed by atoms with Gasteiger partial charge in [0.1, 0.15) is 6.54 Å². The standard InChI is InChI=1S/C21H17BrN6O3/c22-14-4-1-3-13(9-14)17-10-18-24-16-5-8-26(11-15(16)20(30)28(18)25-17)19(29)12-27-7-2-6-23-21(27)31/h1-4,6-7,9-10,25H,5,8,11-12H2. The molecule has 1 aliphatic rings. The topological polar surface area (TPSA) is 105 Å². The number of carbonyl (C=O) groups excluding carboxylic acids is 1. The number of aromatic nitrogens is 5. The number of fused-ring (bicyclic) bond motifs is 2. The Balaban J connectivity index is 1.46. The summed E-state index contributed by atoms with van der Waals surface area (Å²) in [5.74, 6) is -0.244. The third kappa shape index (κ3) is 3.59. The first-order valence-electron chi connectivity index (χ1n) is 9.68. The number of carbonyl (C=O) groups is 1. The van der Waals surface area contributed by atoms with Gasteiger partial charge in [-0.1, -0.05) is 28.1 Å². The SMILES string of the molecule is O=C(Cn1cccnc1=O)N1CCc2nc3cc(-c4cccc(Br)c4)[nH]n3c(=O)c2C1. The van der Waals surface area contributed by atoms with Crippen molar-refractivity contribution < 1.29 is 4.79 Å². The van der Waals surface area contributed by atoms with Gasteiger partial charge in [-0.15, -0.1) is 0 Å². The van der Waals surface area contributed by atoms with E-state index in [-0.39, 0.29) is 24.6 Å². The molecule has 0 bridgehead atoms. The molecule has 0 spiro atoms. The van der Waals surface area contributed by atoms with Crippen molar-refractivity contribution in [2.24, 2.45) is 0 Å². The monoisotopic (exact) mass is 480 g/mol. The smallest absolute Gasteiger partial charge is 0.336 e. The molecule has 0 aliphatic carbocycles. The summed E-state index contributed by atoms with van der Waals surface area (Å²) in [4.78, 5) is 47.5. The van der Waals surface area contributed by atoms with E-state index in [2.05, 4.69) is 31.0 Å².